The Morgan fingerprint density at radius 1 is 1.31 bits per heavy atom. The van der Waals surface area contributed by atoms with Crippen LogP contribution in [0.5, 0.6) is 5.75 Å². The lowest BCUT2D eigenvalue weighted by Crippen LogP contribution is -2.28. The Morgan fingerprint density at radius 3 is 2.62 bits per heavy atom. The first kappa shape index (κ1) is 21.6. The molecule has 2 rings (SSSR count). The fraction of sp³-hybridized carbons (Fsp3) is 0.278. The van der Waals surface area contributed by atoms with E-state index in [-0.39, 0.29) is 6.10 Å². The zero-order valence-electron chi connectivity index (χ0n) is 14.1. The number of carbonyl (C=O) groups is 1. The van der Waals surface area contributed by atoms with E-state index in [9.17, 15) is 9.18 Å². The van der Waals surface area contributed by atoms with Crippen LogP contribution in [-0.2, 0) is 0 Å². The second-order valence-corrected chi connectivity index (χ2v) is 9.41. The normalized spacial score (nSPS) is 12.5. The third-order valence-corrected chi connectivity index (χ3v) is 5.57. The number of carbonyl (C=O) groups excluding carboxylic acids is 1. The Bertz CT molecular complexity index is 773. The highest BCUT2D eigenvalue weighted by Crippen LogP contribution is 2.42. The molecule has 3 nitrogen and oxygen atoms in total. The van der Waals surface area contributed by atoms with E-state index in [1.807, 2.05) is 19.9 Å². The Balaban J connectivity index is 2.41. The van der Waals surface area contributed by atoms with Crippen molar-refractivity contribution in [3.63, 3.8) is 0 Å². The molecule has 0 fully saturated rings. The Labute approximate surface area is 180 Å². The van der Waals surface area contributed by atoms with Gasteiger partial charge in [0.2, 0.25) is 0 Å². The van der Waals surface area contributed by atoms with Crippen molar-refractivity contribution in [3.8, 4) is 5.75 Å². The predicted octanol–water partition coefficient (Wildman–Crippen LogP) is 6.82. The third kappa shape index (κ3) is 6.18. The molecule has 0 aromatic heterocycles. The van der Waals surface area contributed by atoms with Crippen LogP contribution in [0, 0.1) is 3.57 Å². The number of benzene rings is 2. The number of nitrogens with zero attached hydrogens (tertiary/aromatic N) is 1. The maximum atomic E-state index is 13.9. The van der Waals surface area contributed by atoms with E-state index in [4.69, 9.17) is 27.9 Å². The molecule has 2 aromatic rings. The van der Waals surface area contributed by atoms with Crippen LogP contribution in [0.15, 0.2) is 48.5 Å². The second kappa shape index (κ2) is 9.48. The molecule has 1 atom stereocenters. The summed E-state index contributed by atoms with van der Waals surface area (Å²) in [6.07, 6.45) is 0.847. The van der Waals surface area contributed by atoms with Gasteiger partial charge < -0.3 is 4.74 Å². The zero-order valence-corrected chi connectivity index (χ0v) is 18.6. The van der Waals surface area contributed by atoms with Gasteiger partial charge in [0.1, 0.15) is 5.75 Å². The van der Waals surface area contributed by atoms with Crippen molar-refractivity contribution >= 4 is 69.3 Å². The topological polar surface area (TPSA) is 29.5 Å². The predicted molar refractivity (Wildman–Crippen MR) is 116 cm³/mol. The van der Waals surface area contributed by atoms with Crippen molar-refractivity contribution in [1.29, 1.82) is 0 Å². The first-order valence-corrected chi connectivity index (χ1v) is 10.4. The van der Waals surface area contributed by atoms with E-state index in [0.29, 0.717) is 28.9 Å². The first-order chi connectivity index (χ1) is 12.2. The number of ether oxygens (including phenoxy) is 1. The molecule has 0 aliphatic heterocycles. The highest BCUT2D eigenvalue weighted by atomic mass is 127. The molecule has 0 saturated heterocycles. The van der Waals surface area contributed by atoms with Crippen LogP contribution >= 0.6 is 57.7 Å². The van der Waals surface area contributed by atoms with Crippen molar-refractivity contribution in [3.05, 3.63) is 57.7 Å². The van der Waals surface area contributed by atoms with Crippen molar-refractivity contribution in [2.24, 2.45) is 0 Å². The smallest absolute Gasteiger partial charge is 0.324 e. The molecule has 0 saturated carbocycles. The maximum Gasteiger partial charge on any atom is 0.324 e. The molecular formula is C18H17Cl2FINO2S. The quantitative estimate of drug-likeness (QED) is 0.225. The van der Waals surface area contributed by atoms with E-state index >= 15 is 0 Å². The minimum Gasteiger partial charge on any atom is -0.491 e. The van der Waals surface area contributed by atoms with Gasteiger partial charge in [0.05, 0.1) is 17.4 Å². The van der Waals surface area contributed by atoms with Crippen LogP contribution in [0.25, 0.3) is 0 Å². The van der Waals surface area contributed by atoms with E-state index in [1.165, 1.54) is 0 Å². The largest absolute Gasteiger partial charge is 0.491 e. The van der Waals surface area contributed by atoms with Crippen LogP contribution in [0.1, 0.15) is 30.6 Å². The number of hydrogen-bond acceptors (Lipinski definition) is 3. The lowest BCUT2D eigenvalue weighted by molar-refractivity contribution is 0.101. The molecule has 1 unspecified atom stereocenters. The van der Waals surface area contributed by atoms with Gasteiger partial charge in [-0.25, -0.2) is 4.31 Å². The Kier molecular flexibility index (Phi) is 7.88. The number of amides is 1. The molecular weight excluding hydrogens is 511 g/mol. The van der Waals surface area contributed by atoms with E-state index < -0.39 is 9.83 Å². The van der Waals surface area contributed by atoms with E-state index in [2.05, 4.69) is 22.6 Å². The van der Waals surface area contributed by atoms with Gasteiger partial charge in [0.25, 0.3) is 5.91 Å². The van der Waals surface area contributed by atoms with Crippen molar-refractivity contribution < 1.29 is 13.9 Å². The third-order valence-electron chi connectivity index (χ3n) is 3.45. The Hall–Kier alpha value is -0.700. The highest BCUT2D eigenvalue weighted by molar-refractivity contribution is 14.1. The van der Waals surface area contributed by atoms with Crippen LogP contribution in [0.4, 0.5) is 10.1 Å². The molecule has 0 aliphatic rings. The molecule has 0 aliphatic carbocycles. The number of rotatable bonds is 7. The van der Waals surface area contributed by atoms with Gasteiger partial charge in [-0.05, 0) is 60.2 Å². The van der Waals surface area contributed by atoms with Crippen molar-refractivity contribution in [1.82, 2.24) is 0 Å². The molecule has 1 amide bonds. The summed E-state index contributed by atoms with van der Waals surface area (Å²) < 4.78 is 18.9. The average molecular weight is 528 g/mol. The summed E-state index contributed by atoms with van der Waals surface area (Å²) in [4.78, 5) is 13.0. The SMILES string of the molecule is CCC(C)Oc1cccc(N(SC(F)(Cl)Cl)C(=O)c2ccccc2I)c1. The summed E-state index contributed by atoms with van der Waals surface area (Å²) in [6, 6.07) is 13.9. The average Bonchev–Trinajstić information content (AvgIpc) is 2.59. The van der Waals surface area contributed by atoms with Gasteiger partial charge in [0, 0.05) is 21.6 Å². The van der Waals surface area contributed by atoms with Gasteiger partial charge in [0.15, 0.2) is 0 Å². The monoisotopic (exact) mass is 527 g/mol. The summed E-state index contributed by atoms with van der Waals surface area (Å²) in [5, 5.41) is 0. The fourth-order valence-corrected chi connectivity index (χ4v) is 3.70. The molecule has 0 spiro atoms. The minimum absolute atomic E-state index is 0.0125. The number of anilines is 1. The standard InChI is InChI=1S/C18H17Cl2FINO2S/c1-3-12(2)25-14-8-6-7-13(11-14)23(26-18(19,20)21)17(24)15-9-4-5-10-16(15)22/h4-12H,3H2,1-2H3. The molecule has 8 heteroatoms. The van der Waals surface area contributed by atoms with Gasteiger partial charge in [-0.1, -0.05) is 48.3 Å². The summed E-state index contributed by atoms with van der Waals surface area (Å²) in [5.41, 5.74) is 0.843. The summed E-state index contributed by atoms with van der Waals surface area (Å²) in [5.74, 6) is 0.149. The second-order valence-electron chi connectivity index (χ2n) is 5.45. The summed E-state index contributed by atoms with van der Waals surface area (Å²) in [7, 11) is 0. The van der Waals surface area contributed by atoms with Crippen molar-refractivity contribution in [2.45, 2.75) is 30.3 Å². The lowest BCUT2D eigenvalue weighted by atomic mass is 10.2. The van der Waals surface area contributed by atoms with E-state index in [0.717, 1.165) is 14.3 Å². The number of hydrogen-bond donors (Lipinski definition) is 0. The number of halogens is 4. The first-order valence-electron chi connectivity index (χ1n) is 7.83. The molecule has 140 valence electrons. The lowest BCUT2D eigenvalue weighted by Gasteiger charge is -2.25. The minimum atomic E-state index is -2.66. The maximum absolute atomic E-state index is 13.9. The van der Waals surface area contributed by atoms with Gasteiger partial charge in [-0.15, -0.1) is 0 Å². The molecule has 0 radical (unpaired) electrons. The molecule has 0 bridgehead atoms. The van der Waals surface area contributed by atoms with Crippen LogP contribution < -0.4 is 9.04 Å². The molecule has 0 N–H and O–H groups in total. The highest BCUT2D eigenvalue weighted by Gasteiger charge is 2.33. The van der Waals surface area contributed by atoms with Gasteiger partial charge in [-0.3, -0.25) is 4.79 Å². The molecule has 0 heterocycles. The summed E-state index contributed by atoms with van der Waals surface area (Å²) >= 11 is 13.5. The Morgan fingerprint density at radius 2 is 2.00 bits per heavy atom. The molecule has 2 aromatic carbocycles. The zero-order chi connectivity index (χ0) is 19.3. The van der Waals surface area contributed by atoms with Crippen molar-refractivity contribution in [2.75, 3.05) is 4.31 Å². The van der Waals surface area contributed by atoms with E-state index in [1.54, 1.807) is 42.5 Å². The summed E-state index contributed by atoms with van der Waals surface area (Å²) in [6.45, 7) is 3.96. The van der Waals surface area contributed by atoms with Crippen LogP contribution in [0.3, 0.4) is 0 Å². The fourth-order valence-electron chi connectivity index (χ4n) is 2.06. The van der Waals surface area contributed by atoms with Gasteiger partial charge >= 0.3 is 3.92 Å². The van der Waals surface area contributed by atoms with Gasteiger partial charge in [-0.2, -0.15) is 4.39 Å². The van der Waals surface area contributed by atoms with Crippen LogP contribution in [-0.4, -0.2) is 15.9 Å². The number of alkyl halides is 3. The molecule has 26 heavy (non-hydrogen) atoms. The van der Waals surface area contributed by atoms with Crippen LogP contribution in [0.2, 0.25) is 0 Å².